The number of aromatic nitrogens is 1. The fraction of sp³-hybridized carbons (Fsp3) is 0.0667. The van der Waals surface area contributed by atoms with Crippen molar-refractivity contribution in [1.82, 2.24) is 5.16 Å². The topological polar surface area (TPSA) is 98.3 Å². The molecule has 3 aromatic rings. The molecule has 3 rings (SSSR count). The third-order valence-corrected chi connectivity index (χ3v) is 3.53. The van der Waals surface area contributed by atoms with E-state index >= 15 is 0 Å². The predicted molar refractivity (Wildman–Crippen MR) is 84.4 cm³/mol. The van der Waals surface area contributed by atoms with Crippen LogP contribution in [0.15, 0.2) is 47.0 Å². The highest BCUT2D eigenvalue weighted by atomic mass is 35.5. The fourth-order valence-electron chi connectivity index (χ4n) is 2.15. The first-order valence-electron chi connectivity index (χ1n) is 6.61. The lowest BCUT2D eigenvalue weighted by Gasteiger charge is -2.04. The largest absolute Gasteiger partial charge is 0.356 e. The smallest absolute Gasteiger partial charge is 0.289 e. The summed E-state index contributed by atoms with van der Waals surface area (Å²) in [6, 6.07) is 11.3. The average molecular weight is 332 g/mol. The summed E-state index contributed by atoms with van der Waals surface area (Å²) in [5, 5.41) is 18.1. The molecule has 0 bridgehead atoms. The number of nitrogens with zero attached hydrogens (tertiary/aromatic N) is 2. The van der Waals surface area contributed by atoms with Gasteiger partial charge in [-0.1, -0.05) is 28.9 Å². The van der Waals surface area contributed by atoms with Gasteiger partial charge in [-0.3, -0.25) is 14.9 Å². The van der Waals surface area contributed by atoms with E-state index in [1.807, 2.05) is 18.2 Å². The summed E-state index contributed by atoms with van der Waals surface area (Å²) in [5.41, 5.74) is 1.12. The highest BCUT2D eigenvalue weighted by molar-refractivity contribution is 6.32. The number of nitrogens with one attached hydrogen (secondary N) is 1. The van der Waals surface area contributed by atoms with Gasteiger partial charge in [-0.2, -0.15) is 0 Å². The highest BCUT2D eigenvalue weighted by Crippen LogP contribution is 2.27. The minimum Gasteiger partial charge on any atom is -0.356 e. The van der Waals surface area contributed by atoms with Crippen LogP contribution in [0.25, 0.3) is 11.0 Å². The molecule has 7 nitrogen and oxygen atoms in total. The molecule has 0 atom stereocenters. The van der Waals surface area contributed by atoms with E-state index in [1.165, 1.54) is 18.2 Å². The summed E-state index contributed by atoms with van der Waals surface area (Å²) in [6.07, 6.45) is -0.00651. The van der Waals surface area contributed by atoms with Crippen LogP contribution in [-0.2, 0) is 11.2 Å². The van der Waals surface area contributed by atoms with Crippen LogP contribution in [-0.4, -0.2) is 16.0 Å². The van der Waals surface area contributed by atoms with Gasteiger partial charge in [-0.25, -0.2) is 0 Å². The molecule has 0 unspecified atom stereocenters. The second-order valence-corrected chi connectivity index (χ2v) is 5.18. The zero-order valence-electron chi connectivity index (χ0n) is 11.7. The Bertz CT molecular complexity index is 907. The number of benzene rings is 2. The molecule has 0 saturated heterocycles. The molecule has 0 aliphatic carbocycles. The van der Waals surface area contributed by atoms with Gasteiger partial charge in [0.1, 0.15) is 10.7 Å². The summed E-state index contributed by atoms with van der Waals surface area (Å²) in [7, 11) is 0. The van der Waals surface area contributed by atoms with Gasteiger partial charge >= 0.3 is 0 Å². The lowest BCUT2D eigenvalue weighted by Crippen LogP contribution is -2.14. The SMILES string of the molecule is O=C(Cc1noc2ccccc12)Nc1ccc(Cl)c([N+](=O)[O-])c1. The number of rotatable bonds is 4. The number of para-hydroxylation sites is 1. The molecule has 0 saturated carbocycles. The van der Waals surface area contributed by atoms with Crippen molar-refractivity contribution in [3.05, 3.63) is 63.3 Å². The molecular weight excluding hydrogens is 322 g/mol. The summed E-state index contributed by atoms with van der Waals surface area (Å²) >= 11 is 5.73. The number of anilines is 1. The first-order chi connectivity index (χ1) is 11.0. The van der Waals surface area contributed by atoms with Crippen molar-refractivity contribution in [2.75, 3.05) is 5.32 Å². The van der Waals surface area contributed by atoms with Crippen LogP contribution in [0.3, 0.4) is 0 Å². The number of hydrogen-bond acceptors (Lipinski definition) is 5. The van der Waals surface area contributed by atoms with E-state index in [9.17, 15) is 14.9 Å². The predicted octanol–water partition coefficient (Wildman–Crippen LogP) is 3.57. The third-order valence-electron chi connectivity index (χ3n) is 3.21. The van der Waals surface area contributed by atoms with Crippen LogP contribution >= 0.6 is 11.6 Å². The van der Waals surface area contributed by atoms with Gasteiger partial charge in [0, 0.05) is 17.1 Å². The number of carbonyl (C=O) groups excluding carboxylic acids is 1. The zero-order valence-corrected chi connectivity index (χ0v) is 12.4. The first kappa shape index (κ1) is 15.0. The Balaban J connectivity index is 1.77. The van der Waals surface area contributed by atoms with Crippen molar-refractivity contribution in [2.24, 2.45) is 0 Å². The van der Waals surface area contributed by atoms with E-state index < -0.39 is 4.92 Å². The number of halogens is 1. The molecule has 0 spiro atoms. The highest BCUT2D eigenvalue weighted by Gasteiger charge is 2.16. The third kappa shape index (κ3) is 3.14. The molecule has 23 heavy (non-hydrogen) atoms. The van der Waals surface area contributed by atoms with Gasteiger partial charge in [-0.05, 0) is 24.3 Å². The second kappa shape index (κ2) is 6.05. The van der Waals surface area contributed by atoms with Crippen LogP contribution < -0.4 is 5.32 Å². The maximum Gasteiger partial charge on any atom is 0.289 e. The first-order valence-corrected chi connectivity index (χ1v) is 6.99. The minimum absolute atomic E-state index is 0.00651. The van der Waals surface area contributed by atoms with Crippen LogP contribution in [0.4, 0.5) is 11.4 Å². The molecule has 1 amide bonds. The summed E-state index contributed by atoms with van der Waals surface area (Å²) in [6.45, 7) is 0. The van der Waals surface area contributed by atoms with Crippen LogP contribution in [0.5, 0.6) is 0 Å². The number of fused-ring (bicyclic) bond motifs is 1. The maximum absolute atomic E-state index is 12.1. The minimum atomic E-state index is -0.608. The number of hydrogen-bond donors (Lipinski definition) is 1. The summed E-state index contributed by atoms with van der Waals surface area (Å²) in [4.78, 5) is 22.3. The Morgan fingerprint density at radius 3 is 2.87 bits per heavy atom. The number of nitro benzene ring substituents is 1. The van der Waals surface area contributed by atoms with Gasteiger partial charge in [0.25, 0.3) is 5.69 Å². The van der Waals surface area contributed by atoms with Gasteiger partial charge < -0.3 is 9.84 Å². The van der Waals surface area contributed by atoms with E-state index in [-0.39, 0.29) is 23.0 Å². The molecule has 0 fully saturated rings. The normalized spacial score (nSPS) is 10.7. The average Bonchev–Trinajstić information content (AvgIpc) is 2.92. The molecule has 0 aliphatic rings. The van der Waals surface area contributed by atoms with Crippen LogP contribution in [0.2, 0.25) is 5.02 Å². The van der Waals surface area contributed by atoms with E-state index in [0.717, 1.165) is 5.39 Å². The number of nitro groups is 1. The van der Waals surface area contributed by atoms with Gasteiger partial charge in [0.2, 0.25) is 5.91 Å². The summed E-state index contributed by atoms with van der Waals surface area (Å²) in [5.74, 6) is -0.360. The lowest BCUT2D eigenvalue weighted by molar-refractivity contribution is -0.384. The van der Waals surface area contributed by atoms with Crippen molar-refractivity contribution >= 4 is 39.9 Å². The Morgan fingerprint density at radius 1 is 1.30 bits per heavy atom. The molecule has 116 valence electrons. The van der Waals surface area contributed by atoms with Gasteiger partial charge in [0.05, 0.1) is 11.3 Å². The number of carbonyl (C=O) groups is 1. The molecule has 1 N–H and O–H groups in total. The van der Waals surface area contributed by atoms with E-state index in [2.05, 4.69) is 10.5 Å². The molecule has 0 radical (unpaired) electrons. The second-order valence-electron chi connectivity index (χ2n) is 4.77. The monoisotopic (exact) mass is 331 g/mol. The fourth-order valence-corrected chi connectivity index (χ4v) is 2.34. The van der Waals surface area contributed by atoms with Gasteiger partial charge in [-0.15, -0.1) is 0 Å². The molecule has 2 aromatic carbocycles. The molecule has 1 heterocycles. The van der Waals surface area contributed by atoms with Gasteiger partial charge in [0.15, 0.2) is 5.58 Å². The quantitative estimate of drug-likeness (QED) is 0.582. The molecule has 0 aliphatic heterocycles. The van der Waals surface area contributed by atoms with Crippen molar-refractivity contribution in [2.45, 2.75) is 6.42 Å². The number of amides is 1. The Labute approximate surface area is 135 Å². The lowest BCUT2D eigenvalue weighted by atomic mass is 10.1. The van der Waals surface area contributed by atoms with Crippen molar-refractivity contribution in [1.29, 1.82) is 0 Å². The summed E-state index contributed by atoms with van der Waals surface area (Å²) < 4.78 is 5.13. The molecular formula is C15H10ClN3O4. The maximum atomic E-state index is 12.1. The Morgan fingerprint density at radius 2 is 2.09 bits per heavy atom. The van der Waals surface area contributed by atoms with Crippen molar-refractivity contribution < 1.29 is 14.2 Å². The standard InChI is InChI=1S/C15H10ClN3O4/c16-11-6-5-9(7-13(11)19(21)22)17-15(20)8-12-10-3-1-2-4-14(10)23-18-12/h1-7H,8H2,(H,17,20). The zero-order chi connectivity index (χ0) is 16.4. The van der Waals surface area contributed by atoms with E-state index in [1.54, 1.807) is 6.07 Å². The van der Waals surface area contributed by atoms with Crippen molar-refractivity contribution in [3.8, 4) is 0 Å². The van der Waals surface area contributed by atoms with E-state index in [4.69, 9.17) is 16.1 Å². The Hall–Kier alpha value is -2.93. The van der Waals surface area contributed by atoms with Crippen LogP contribution in [0.1, 0.15) is 5.69 Å². The van der Waals surface area contributed by atoms with E-state index in [0.29, 0.717) is 17.0 Å². The Kier molecular flexibility index (Phi) is 3.94. The van der Waals surface area contributed by atoms with Crippen molar-refractivity contribution in [3.63, 3.8) is 0 Å². The molecule has 8 heteroatoms. The van der Waals surface area contributed by atoms with Crippen LogP contribution in [0, 0.1) is 10.1 Å². The molecule has 1 aromatic heterocycles.